The molecule has 3 aromatic heterocycles. The molecule has 1 saturated carbocycles. The van der Waals surface area contributed by atoms with Crippen LogP contribution in [0.5, 0.6) is 0 Å². The highest BCUT2D eigenvalue weighted by Crippen LogP contribution is 2.35. The Bertz CT molecular complexity index is 1090. The normalized spacial score (nSPS) is 20.3. The van der Waals surface area contributed by atoms with Gasteiger partial charge in [-0.2, -0.15) is 9.36 Å². The summed E-state index contributed by atoms with van der Waals surface area (Å²) in [6.07, 6.45) is 8.70. The molecule has 0 atom stereocenters. The van der Waals surface area contributed by atoms with Crippen LogP contribution in [0.4, 0.5) is 22.5 Å². The number of aliphatic hydroxyl groups is 1. The van der Waals surface area contributed by atoms with Crippen molar-refractivity contribution in [2.45, 2.75) is 64.6 Å². The molecule has 1 aliphatic rings. The van der Waals surface area contributed by atoms with Gasteiger partial charge in [-0.15, -0.1) is 0 Å². The van der Waals surface area contributed by atoms with Gasteiger partial charge in [0.25, 0.3) is 0 Å². The maximum absolute atomic E-state index is 10.4. The highest BCUT2D eigenvalue weighted by molar-refractivity contribution is 7.10. The molecule has 0 radical (unpaired) electrons. The van der Waals surface area contributed by atoms with E-state index in [0.29, 0.717) is 12.5 Å². The number of aryl methyl sites for hydroxylation is 2. The monoisotopic (exact) mass is 465 g/mol. The number of hydrogen-bond donors (Lipinski definition) is 3. The molecular formula is C24H31N7OS. The second-order valence-electron chi connectivity index (χ2n) is 8.87. The van der Waals surface area contributed by atoms with Gasteiger partial charge in [0.1, 0.15) is 10.7 Å². The Morgan fingerprint density at radius 2 is 2.09 bits per heavy atom. The van der Waals surface area contributed by atoms with Crippen LogP contribution in [0, 0.1) is 13.8 Å². The molecule has 1 fully saturated rings. The number of nitrogens with zero attached hydrogens (tertiary/aromatic N) is 5. The molecule has 1 aliphatic carbocycles. The number of hydrogen-bond acceptors (Lipinski definition) is 9. The van der Waals surface area contributed by atoms with Gasteiger partial charge in [-0.05, 0) is 81.9 Å². The fourth-order valence-electron chi connectivity index (χ4n) is 4.10. The van der Waals surface area contributed by atoms with Crippen molar-refractivity contribution in [2.24, 2.45) is 0 Å². The fourth-order valence-corrected chi connectivity index (χ4v) is 4.76. The Morgan fingerprint density at radius 3 is 2.73 bits per heavy atom. The zero-order chi connectivity index (χ0) is 23.4. The van der Waals surface area contributed by atoms with E-state index >= 15 is 0 Å². The van der Waals surface area contributed by atoms with Crippen LogP contribution in [0.25, 0.3) is 0 Å². The average Bonchev–Trinajstić information content (AvgIpc) is 3.19. The van der Waals surface area contributed by atoms with E-state index in [-0.39, 0.29) is 6.04 Å². The maximum atomic E-state index is 10.4. The SMILES string of the molecule is C=CN(Cc1cccnc1)c1c(C)nc(Nc2cc(C)ns2)nc1N[C@H]1CC[C@](C)(O)CC1. The van der Waals surface area contributed by atoms with Gasteiger partial charge in [0, 0.05) is 25.0 Å². The van der Waals surface area contributed by atoms with Gasteiger partial charge < -0.3 is 20.6 Å². The van der Waals surface area contributed by atoms with Crippen LogP contribution < -0.4 is 15.5 Å². The molecule has 0 saturated heterocycles. The van der Waals surface area contributed by atoms with Crippen molar-refractivity contribution in [2.75, 3.05) is 15.5 Å². The van der Waals surface area contributed by atoms with Crippen LogP contribution in [-0.4, -0.2) is 36.1 Å². The number of nitrogens with one attached hydrogen (secondary N) is 2. The molecule has 0 bridgehead atoms. The van der Waals surface area contributed by atoms with Gasteiger partial charge >= 0.3 is 0 Å². The Morgan fingerprint density at radius 1 is 1.30 bits per heavy atom. The Balaban J connectivity index is 1.66. The highest BCUT2D eigenvalue weighted by Gasteiger charge is 2.30. The third-order valence-corrected chi connectivity index (χ3v) is 6.70. The summed E-state index contributed by atoms with van der Waals surface area (Å²) in [5.74, 6) is 1.28. The van der Waals surface area contributed by atoms with Crippen LogP contribution >= 0.6 is 11.5 Å². The minimum absolute atomic E-state index is 0.224. The lowest BCUT2D eigenvalue weighted by Crippen LogP contribution is -2.36. The summed E-state index contributed by atoms with van der Waals surface area (Å²) in [6.45, 7) is 10.5. The molecule has 4 rings (SSSR count). The van der Waals surface area contributed by atoms with Gasteiger partial charge in [-0.3, -0.25) is 4.98 Å². The molecule has 8 nitrogen and oxygen atoms in total. The lowest BCUT2D eigenvalue weighted by molar-refractivity contribution is 0.0196. The lowest BCUT2D eigenvalue weighted by atomic mass is 9.83. The van der Waals surface area contributed by atoms with E-state index in [0.717, 1.165) is 59.1 Å². The van der Waals surface area contributed by atoms with Crippen molar-refractivity contribution in [1.82, 2.24) is 19.3 Å². The molecule has 0 spiro atoms. The van der Waals surface area contributed by atoms with E-state index in [1.54, 1.807) is 12.4 Å². The average molecular weight is 466 g/mol. The van der Waals surface area contributed by atoms with Crippen LogP contribution in [0.1, 0.15) is 49.6 Å². The first kappa shape index (κ1) is 23.1. The summed E-state index contributed by atoms with van der Waals surface area (Å²) in [4.78, 5) is 15.9. The smallest absolute Gasteiger partial charge is 0.230 e. The number of pyridine rings is 1. The first-order valence-corrected chi connectivity index (χ1v) is 12.0. The van der Waals surface area contributed by atoms with Crippen LogP contribution in [0.3, 0.4) is 0 Å². The molecule has 0 aliphatic heterocycles. The summed E-state index contributed by atoms with van der Waals surface area (Å²) in [6, 6.07) is 6.17. The summed E-state index contributed by atoms with van der Waals surface area (Å²) < 4.78 is 4.33. The molecule has 0 amide bonds. The van der Waals surface area contributed by atoms with Crippen molar-refractivity contribution in [3.63, 3.8) is 0 Å². The molecule has 33 heavy (non-hydrogen) atoms. The summed E-state index contributed by atoms with van der Waals surface area (Å²) in [7, 11) is 0. The lowest BCUT2D eigenvalue weighted by Gasteiger charge is -2.34. The van der Waals surface area contributed by atoms with Gasteiger partial charge in [-0.25, -0.2) is 4.98 Å². The quantitative estimate of drug-likeness (QED) is 0.430. The van der Waals surface area contributed by atoms with Crippen molar-refractivity contribution >= 4 is 34.0 Å². The van der Waals surface area contributed by atoms with Gasteiger partial charge in [0.05, 0.1) is 17.0 Å². The molecular weight excluding hydrogens is 434 g/mol. The summed E-state index contributed by atoms with van der Waals surface area (Å²) in [5.41, 5.74) is 3.16. The first-order valence-electron chi connectivity index (χ1n) is 11.2. The maximum Gasteiger partial charge on any atom is 0.230 e. The van der Waals surface area contributed by atoms with Crippen LogP contribution in [0.2, 0.25) is 0 Å². The van der Waals surface area contributed by atoms with Gasteiger partial charge in [-0.1, -0.05) is 12.6 Å². The Labute approximate surface area is 199 Å². The Hall–Kier alpha value is -3.04. The minimum Gasteiger partial charge on any atom is -0.390 e. The largest absolute Gasteiger partial charge is 0.390 e. The topological polar surface area (TPSA) is 99.1 Å². The summed E-state index contributed by atoms with van der Waals surface area (Å²) in [5, 5.41) is 18.2. The van der Waals surface area contributed by atoms with E-state index < -0.39 is 5.60 Å². The minimum atomic E-state index is -0.590. The van der Waals surface area contributed by atoms with Crippen molar-refractivity contribution in [3.05, 3.63) is 60.3 Å². The van der Waals surface area contributed by atoms with Crippen LogP contribution in [0.15, 0.2) is 43.4 Å². The molecule has 0 unspecified atom stereocenters. The standard InChI is InChI=1S/C24H31N7OS/c1-5-31(15-18-7-6-12-25-14-18)21-17(3)26-23(28-20-13-16(2)30-33-20)29-22(21)27-19-8-10-24(4,32)11-9-19/h5-7,12-14,19,32H,1,8-11,15H2,2-4H3,(H2,26,27,28,29)/t19-,24-. The van der Waals surface area contributed by atoms with Crippen molar-refractivity contribution in [3.8, 4) is 0 Å². The van der Waals surface area contributed by atoms with Gasteiger partial charge in [0.2, 0.25) is 5.95 Å². The Kier molecular flexibility index (Phi) is 6.90. The predicted octanol–water partition coefficient (Wildman–Crippen LogP) is 4.94. The predicted molar refractivity (Wildman–Crippen MR) is 134 cm³/mol. The molecule has 9 heteroatoms. The number of rotatable bonds is 8. The first-order chi connectivity index (χ1) is 15.8. The van der Waals surface area contributed by atoms with Gasteiger partial charge in [0.15, 0.2) is 5.82 Å². The van der Waals surface area contributed by atoms with Crippen molar-refractivity contribution < 1.29 is 5.11 Å². The van der Waals surface area contributed by atoms with Crippen LogP contribution in [-0.2, 0) is 6.54 Å². The highest BCUT2D eigenvalue weighted by atomic mass is 32.1. The molecule has 174 valence electrons. The number of aromatic nitrogens is 4. The zero-order valence-corrected chi connectivity index (χ0v) is 20.2. The van der Waals surface area contributed by atoms with E-state index in [1.807, 2.05) is 50.1 Å². The van der Waals surface area contributed by atoms with E-state index in [4.69, 9.17) is 9.97 Å². The van der Waals surface area contributed by atoms with E-state index in [1.165, 1.54) is 11.5 Å². The third kappa shape index (κ3) is 5.85. The molecule has 3 N–H and O–H groups in total. The molecule has 3 aromatic rings. The number of anilines is 4. The van der Waals surface area contributed by atoms with Crippen molar-refractivity contribution in [1.29, 1.82) is 0 Å². The second kappa shape index (κ2) is 9.84. The summed E-state index contributed by atoms with van der Waals surface area (Å²) >= 11 is 1.39. The fraction of sp³-hybridized carbons (Fsp3) is 0.417. The van der Waals surface area contributed by atoms with E-state index in [2.05, 4.69) is 26.6 Å². The van der Waals surface area contributed by atoms with E-state index in [9.17, 15) is 5.11 Å². The molecule has 0 aromatic carbocycles. The molecule has 3 heterocycles. The third-order valence-electron chi connectivity index (χ3n) is 5.91. The second-order valence-corrected chi connectivity index (χ2v) is 9.68. The zero-order valence-electron chi connectivity index (χ0n) is 19.4.